The van der Waals surface area contributed by atoms with E-state index in [1.54, 1.807) is 6.20 Å². The SMILES string of the molecule is Cc1c(-c2cc3cccnc3[nH]2)cn(C)c1/C=C\COC1(C(=O)NCCO)CCC1. The number of aliphatic hydroxyl groups is 1. The Morgan fingerprint density at radius 2 is 2.30 bits per heavy atom. The molecule has 30 heavy (non-hydrogen) atoms. The van der Waals surface area contributed by atoms with Crippen LogP contribution in [0.4, 0.5) is 0 Å². The average molecular weight is 409 g/mol. The minimum Gasteiger partial charge on any atom is -0.395 e. The van der Waals surface area contributed by atoms with Crippen LogP contribution < -0.4 is 5.32 Å². The maximum atomic E-state index is 12.3. The molecule has 4 rings (SSSR count). The van der Waals surface area contributed by atoms with Gasteiger partial charge in [0.05, 0.1) is 13.2 Å². The van der Waals surface area contributed by atoms with Crippen LogP contribution in [0, 0.1) is 6.92 Å². The molecule has 3 aromatic heterocycles. The number of hydrogen-bond donors (Lipinski definition) is 3. The van der Waals surface area contributed by atoms with Crippen molar-refractivity contribution in [2.75, 3.05) is 19.8 Å². The fourth-order valence-corrected chi connectivity index (χ4v) is 4.01. The van der Waals surface area contributed by atoms with Crippen LogP contribution in [-0.2, 0) is 16.6 Å². The lowest BCUT2D eigenvalue weighted by atomic mass is 9.79. The van der Waals surface area contributed by atoms with Crippen molar-refractivity contribution < 1.29 is 14.6 Å². The molecule has 1 fully saturated rings. The number of amides is 1. The number of aliphatic hydroxyl groups excluding tert-OH is 1. The van der Waals surface area contributed by atoms with Crippen molar-refractivity contribution in [1.82, 2.24) is 19.9 Å². The summed E-state index contributed by atoms with van der Waals surface area (Å²) in [5.41, 5.74) is 4.57. The molecule has 3 N–H and O–H groups in total. The summed E-state index contributed by atoms with van der Waals surface area (Å²) in [5.74, 6) is -0.124. The van der Waals surface area contributed by atoms with E-state index < -0.39 is 5.60 Å². The van der Waals surface area contributed by atoms with Crippen LogP contribution in [-0.4, -0.2) is 50.9 Å². The first kappa shape index (κ1) is 20.4. The zero-order valence-electron chi connectivity index (χ0n) is 17.4. The van der Waals surface area contributed by atoms with E-state index >= 15 is 0 Å². The summed E-state index contributed by atoms with van der Waals surface area (Å²) in [6, 6.07) is 6.10. The van der Waals surface area contributed by atoms with E-state index in [4.69, 9.17) is 9.84 Å². The highest BCUT2D eigenvalue weighted by Gasteiger charge is 2.44. The van der Waals surface area contributed by atoms with Gasteiger partial charge in [-0.15, -0.1) is 0 Å². The molecule has 3 heterocycles. The van der Waals surface area contributed by atoms with Crippen LogP contribution in [0.5, 0.6) is 0 Å². The summed E-state index contributed by atoms with van der Waals surface area (Å²) in [7, 11) is 2.02. The first-order valence-corrected chi connectivity index (χ1v) is 10.3. The summed E-state index contributed by atoms with van der Waals surface area (Å²) in [6.07, 6.45) is 10.3. The van der Waals surface area contributed by atoms with Crippen LogP contribution in [0.3, 0.4) is 0 Å². The number of pyridine rings is 1. The molecule has 0 aromatic carbocycles. The van der Waals surface area contributed by atoms with E-state index in [0.29, 0.717) is 6.61 Å². The number of hydrogen-bond acceptors (Lipinski definition) is 4. The van der Waals surface area contributed by atoms with E-state index in [0.717, 1.165) is 47.2 Å². The van der Waals surface area contributed by atoms with Crippen molar-refractivity contribution >= 4 is 23.0 Å². The molecule has 7 nitrogen and oxygen atoms in total. The van der Waals surface area contributed by atoms with Gasteiger partial charge in [0.2, 0.25) is 0 Å². The van der Waals surface area contributed by atoms with Gasteiger partial charge >= 0.3 is 0 Å². The second kappa shape index (κ2) is 8.45. The quantitative estimate of drug-likeness (QED) is 0.534. The van der Waals surface area contributed by atoms with Crippen molar-refractivity contribution in [2.24, 2.45) is 7.05 Å². The van der Waals surface area contributed by atoms with Gasteiger partial charge in [0, 0.05) is 48.3 Å². The van der Waals surface area contributed by atoms with Gasteiger partial charge in [-0.05, 0) is 56.0 Å². The highest BCUT2D eigenvalue weighted by molar-refractivity contribution is 5.86. The number of nitrogens with one attached hydrogen (secondary N) is 2. The standard InChI is InChI=1S/C23H28N4O3/c1-16-18(19-14-17-6-3-10-24-21(17)26-19)15-27(2)20(16)7-4-13-30-23(8-5-9-23)22(29)25-11-12-28/h3-4,6-7,10,14-15,28H,5,8-9,11-13H2,1-2H3,(H,24,26)(H,25,29)/b7-4-. The van der Waals surface area contributed by atoms with Gasteiger partial charge in [0.1, 0.15) is 11.2 Å². The monoisotopic (exact) mass is 408 g/mol. The van der Waals surface area contributed by atoms with Crippen LogP contribution in [0.1, 0.15) is 30.5 Å². The first-order valence-electron chi connectivity index (χ1n) is 10.3. The van der Waals surface area contributed by atoms with Crippen LogP contribution in [0.2, 0.25) is 0 Å². The first-order chi connectivity index (χ1) is 14.5. The number of carbonyl (C=O) groups is 1. The topological polar surface area (TPSA) is 92.2 Å². The third-order valence-electron chi connectivity index (χ3n) is 5.88. The van der Waals surface area contributed by atoms with E-state index in [-0.39, 0.29) is 19.1 Å². The van der Waals surface area contributed by atoms with Gasteiger partial charge in [-0.25, -0.2) is 4.98 Å². The Balaban J connectivity index is 1.46. The summed E-state index contributed by atoms with van der Waals surface area (Å²) in [4.78, 5) is 20.1. The smallest absolute Gasteiger partial charge is 0.252 e. The Hall–Kier alpha value is -2.90. The summed E-state index contributed by atoms with van der Waals surface area (Å²) in [6.45, 7) is 2.66. The Kier molecular flexibility index (Phi) is 5.74. The lowest BCUT2D eigenvalue weighted by molar-refractivity contribution is -0.157. The maximum absolute atomic E-state index is 12.3. The van der Waals surface area contributed by atoms with E-state index in [9.17, 15) is 4.79 Å². The maximum Gasteiger partial charge on any atom is 0.252 e. The van der Waals surface area contributed by atoms with Gasteiger partial charge in [-0.1, -0.05) is 6.08 Å². The zero-order chi connectivity index (χ0) is 21.1. The number of aromatic nitrogens is 3. The number of carbonyl (C=O) groups excluding carboxylic acids is 1. The molecule has 7 heteroatoms. The number of nitrogens with zero attached hydrogens (tertiary/aromatic N) is 2. The molecule has 0 spiro atoms. The largest absolute Gasteiger partial charge is 0.395 e. The predicted molar refractivity (Wildman–Crippen MR) is 117 cm³/mol. The van der Waals surface area contributed by atoms with Gasteiger partial charge < -0.3 is 24.7 Å². The van der Waals surface area contributed by atoms with Gasteiger partial charge in [0.15, 0.2) is 0 Å². The number of aryl methyl sites for hydroxylation is 1. The number of aromatic amines is 1. The molecule has 1 amide bonds. The molecule has 0 aliphatic heterocycles. The molecule has 1 saturated carbocycles. The van der Waals surface area contributed by atoms with Gasteiger partial charge in [-0.2, -0.15) is 0 Å². The number of rotatable bonds is 8. The molecule has 0 atom stereocenters. The molecular formula is C23H28N4O3. The molecule has 158 valence electrons. The molecule has 1 aliphatic carbocycles. The number of fused-ring (bicyclic) bond motifs is 1. The van der Waals surface area contributed by atoms with Crippen molar-refractivity contribution in [3.63, 3.8) is 0 Å². The van der Waals surface area contributed by atoms with E-state index in [1.165, 1.54) is 5.56 Å². The van der Waals surface area contributed by atoms with E-state index in [2.05, 4.69) is 39.0 Å². The van der Waals surface area contributed by atoms with Gasteiger partial charge in [-0.3, -0.25) is 4.79 Å². The number of ether oxygens (including phenoxy) is 1. The Morgan fingerprint density at radius 1 is 1.47 bits per heavy atom. The van der Waals surface area contributed by atoms with Crippen molar-refractivity contribution in [3.8, 4) is 11.3 Å². The third kappa shape index (κ3) is 3.78. The molecule has 0 radical (unpaired) electrons. The minimum absolute atomic E-state index is 0.0662. The fraction of sp³-hybridized carbons (Fsp3) is 0.391. The second-order valence-electron chi connectivity index (χ2n) is 7.83. The lowest BCUT2D eigenvalue weighted by Gasteiger charge is -2.39. The average Bonchev–Trinajstić information content (AvgIpc) is 3.26. The molecular weight excluding hydrogens is 380 g/mol. The Bertz CT molecular complexity index is 1040. The highest BCUT2D eigenvalue weighted by Crippen LogP contribution is 2.36. The van der Waals surface area contributed by atoms with Crippen molar-refractivity contribution in [1.29, 1.82) is 0 Å². The molecule has 0 saturated heterocycles. The van der Waals surface area contributed by atoms with E-state index in [1.807, 2.05) is 31.3 Å². The third-order valence-corrected chi connectivity index (χ3v) is 5.88. The predicted octanol–water partition coefficient (Wildman–Crippen LogP) is 2.94. The molecule has 0 unspecified atom stereocenters. The summed E-state index contributed by atoms with van der Waals surface area (Å²) >= 11 is 0. The van der Waals surface area contributed by atoms with Crippen molar-refractivity contribution in [3.05, 3.63) is 47.9 Å². The van der Waals surface area contributed by atoms with Gasteiger partial charge in [0.25, 0.3) is 5.91 Å². The lowest BCUT2D eigenvalue weighted by Crippen LogP contribution is -2.54. The molecule has 3 aromatic rings. The van der Waals surface area contributed by atoms with Crippen molar-refractivity contribution in [2.45, 2.75) is 31.8 Å². The second-order valence-corrected chi connectivity index (χ2v) is 7.83. The Labute approximate surface area is 175 Å². The van der Waals surface area contributed by atoms with Crippen LogP contribution >= 0.6 is 0 Å². The zero-order valence-corrected chi connectivity index (χ0v) is 17.4. The number of H-pyrrole nitrogens is 1. The van der Waals surface area contributed by atoms with Crippen LogP contribution in [0.15, 0.2) is 36.7 Å². The summed E-state index contributed by atoms with van der Waals surface area (Å²) in [5, 5.41) is 12.7. The summed E-state index contributed by atoms with van der Waals surface area (Å²) < 4.78 is 8.04. The highest BCUT2D eigenvalue weighted by atomic mass is 16.5. The molecule has 0 bridgehead atoms. The fourth-order valence-electron chi connectivity index (χ4n) is 4.01. The minimum atomic E-state index is -0.745. The van der Waals surface area contributed by atoms with Crippen LogP contribution in [0.25, 0.3) is 28.4 Å². The Morgan fingerprint density at radius 3 is 3.00 bits per heavy atom. The normalized spacial score (nSPS) is 15.6. The molecule has 1 aliphatic rings.